The maximum atomic E-state index is 13.1. The molecule has 1 saturated heterocycles. The number of nitrogens with zero attached hydrogens (tertiary/aromatic N) is 1. The molecule has 1 aromatic rings. The molecule has 25 heavy (non-hydrogen) atoms. The lowest BCUT2D eigenvalue weighted by Crippen LogP contribution is -2.61. The molecule has 3 saturated carbocycles. The van der Waals surface area contributed by atoms with Crippen LogP contribution in [0.5, 0.6) is 0 Å². The molecule has 0 N–H and O–H groups in total. The van der Waals surface area contributed by atoms with Gasteiger partial charge < -0.3 is 4.90 Å². The summed E-state index contributed by atoms with van der Waals surface area (Å²) < 4.78 is 0. The van der Waals surface area contributed by atoms with E-state index in [0.717, 1.165) is 36.8 Å². The molecule has 0 spiro atoms. The predicted octanol–water partition coefficient (Wildman–Crippen LogP) is 5.46. The van der Waals surface area contributed by atoms with Crippen LogP contribution in [0.2, 0.25) is 10.0 Å². The fourth-order valence-electron chi connectivity index (χ4n) is 5.77. The van der Waals surface area contributed by atoms with Crippen LogP contribution in [0.4, 0.5) is 0 Å². The smallest absolute Gasteiger partial charge is 0.226 e. The van der Waals surface area contributed by atoms with E-state index < -0.39 is 0 Å². The van der Waals surface area contributed by atoms with Crippen LogP contribution in [-0.2, 0) is 11.2 Å². The van der Waals surface area contributed by atoms with Crippen LogP contribution in [0, 0.1) is 29.1 Å². The van der Waals surface area contributed by atoms with Gasteiger partial charge in [-0.15, -0.1) is 0 Å². The molecule has 2 bridgehead atoms. The number of benzene rings is 1. The van der Waals surface area contributed by atoms with E-state index in [4.69, 9.17) is 23.2 Å². The summed E-state index contributed by atoms with van der Waals surface area (Å²) in [5.74, 6) is 2.58. The third kappa shape index (κ3) is 2.80. The van der Waals surface area contributed by atoms with E-state index in [1.54, 1.807) is 6.07 Å². The molecular weight excluding hydrogens is 353 g/mol. The molecule has 1 aromatic carbocycles. The summed E-state index contributed by atoms with van der Waals surface area (Å²) in [5, 5.41) is 1.32. The highest BCUT2D eigenvalue weighted by Gasteiger charge is 2.58. The third-order valence-electron chi connectivity index (χ3n) is 7.55. The van der Waals surface area contributed by atoms with Crippen molar-refractivity contribution in [2.45, 2.75) is 52.5 Å². The van der Waals surface area contributed by atoms with E-state index in [2.05, 4.69) is 25.7 Å². The normalized spacial score (nSPS) is 36.4. The molecule has 3 aliphatic carbocycles. The first-order valence-corrected chi connectivity index (χ1v) is 10.3. The average molecular weight is 380 g/mol. The van der Waals surface area contributed by atoms with E-state index in [0.29, 0.717) is 33.3 Å². The molecule has 1 amide bonds. The Hall–Kier alpha value is -0.730. The van der Waals surface area contributed by atoms with Crippen LogP contribution in [-0.4, -0.2) is 23.4 Å². The molecule has 136 valence electrons. The third-order valence-corrected chi connectivity index (χ3v) is 8.13. The number of carbonyl (C=O) groups excluding carboxylic acids is 1. The zero-order valence-electron chi connectivity index (χ0n) is 15.3. The minimum Gasteiger partial charge on any atom is -0.339 e. The minimum atomic E-state index is 0.0668. The highest BCUT2D eigenvalue weighted by Crippen LogP contribution is 2.62. The van der Waals surface area contributed by atoms with E-state index in [9.17, 15) is 4.79 Å². The van der Waals surface area contributed by atoms with Gasteiger partial charge in [-0.3, -0.25) is 4.79 Å². The zero-order chi connectivity index (χ0) is 17.9. The largest absolute Gasteiger partial charge is 0.339 e. The van der Waals surface area contributed by atoms with Gasteiger partial charge in [-0.1, -0.05) is 50.0 Å². The molecule has 4 fully saturated rings. The maximum Gasteiger partial charge on any atom is 0.226 e. The Labute approximate surface area is 160 Å². The number of rotatable bonds is 3. The van der Waals surface area contributed by atoms with Crippen molar-refractivity contribution in [2.24, 2.45) is 29.1 Å². The lowest BCUT2D eigenvalue weighted by Gasteiger charge is -2.63. The summed E-state index contributed by atoms with van der Waals surface area (Å²) in [6, 6.07) is 6.03. The summed E-state index contributed by atoms with van der Waals surface area (Å²) in [4.78, 5) is 15.3. The van der Waals surface area contributed by atoms with Gasteiger partial charge in [0.1, 0.15) is 0 Å². The van der Waals surface area contributed by atoms with Crippen LogP contribution in [0.1, 0.15) is 45.6 Å². The van der Waals surface area contributed by atoms with Crippen molar-refractivity contribution in [2.75, 3.05) is 6.54 Å². The van der Waals surface area contributed by atoms with Crippen LogP contribution in [0.3, 0.4) is 0 Å². The second kappa shape index (κ2) is 6.16. The standard InChI is InChI=1S/C21H27Cl2NO/c1-12-17-9-15(21(17,2)3)10-19(12)24-7-6-14(20(24)25)8-13-4-5-16(22)11-18(13)23/h4-5,11-12,14-15,17,19H,6-10H2,1-3H3/t12-,14+,15+,17-,19?/m1/s1. The summed E-state index contributed by atoms with van der Waals surface area (Å²) in [6.07, 6.45) is 4.21. The van der Waals surface area contributed by atoms with Gasteiger partial charge in [0.05, 0.1) is 0 Å². The van der Waals surface area contributed by atoms with Crippen LogP contribution in [0.15, 0.2) is 18.2 Å². The van der Waals surface area contributed by atoms with Gasteiger partial charge in [-0.05, 0) is 66.5 Å². The molecule has 1 heterocycles. The van der Waals surface area contributed by atoms with Crippen molar-refractivity contribution in [3.8, 4) is 0 Å². The maximum absolute atomic E-state index is 13.1. The second-order valence-electron chi connectivity index (χ2n) is 8.98. The number of carbonyl (C=O) groups is 1. The van der Waals surface area contributed by atoms with Crippen molar-refractivity contribution in [3.05, 3.63) is 33.8 Å². The van der Waals surface area contributed by atoms with Crippen LogP contribution >= 0.6 is 23.2 Å². The minimum absolute atomic E-state index is 0.0668. The summed E-state index contributed by atoms with van der Waals surface area (Å²) in [7, 11) is 0. The molecule has 0 radical (unpaired) electrons. The molecule has 5 atom stereocenters. The molecule has 4 heteroatoms. The highest BCUT2D eigenvalue weighted by atomic mass is 35.5. The van der Waals surface area contributed by atoms with E-state index in [-0.39, 0.29) is 5.92 Å². The first-order valence-electron chi connectivity index (χ1n) is 9.53. The lowest BCUT2D eigenvalue weighted by atomic mass is 9.44. The summed E-state index contributed by atoms with van der Waals surface area (Å²) >= 11 is 12.3. The van der Waals surface area contributed by atoms with Gasteiger partial charge in [0.25, 0.3) is 0 Å². The molecule has 4 aliphatic rings. The predicted molar refractivity (Wildman–Crippen MR) is 103 cm³/mol. The molecule has 1 unspecified atom stereocenters. The summed E-state index contributed by atoms with van der Waals surface area (Å²) in [5.41, 5.74) is 1.50. The Bertz CT molecular complexity index is 701. The van der Waals surface area contributed by atoms with E-state index >= 15 is 0 Å². The fourth-order valence-corrected chi connectivity index (χ4v) is 6.25. The van der Waals surface area contributed by atoms with Gasteiger partial charge >= 0.3 is 0 Å². The lowest BCUT2D eigenvalue weighted by molar-refractivity contribution is -0.155. The zero-order valence-corrected chi connectivity index (χ0v) is 16.8. The number of hydrogen-bond donors (Lipinski definition) is 0. The van der Waals surface area contributed by atoms with Gasteiger partial charge in [0.2, 0.25) is 5.91 Å². The molecule has 2 nitrogen and oxygen atoms in total. The topological polar surface area (TPSA) is 20.3 Å². The Morgan fingerprint density at radius 2 is 2.00 bits per heavy atom. The first kappa shape index (κ1) is 17.7. The van der Waals surface area contributed by atoms with Gasteiger partial charge in [0.15, 0.2) is 0 Å². The van der Waals surface area contributed by atoms with Gasteiger partial charge in [-0.25, -0.2) is 0 Å². The van der Waals surface area contributed by atoms with Crippen LogP contribution < -0.4 is 0 Å². The number of amides is 1. The fraction of sp³-hybridized carbons (Fsp3) is 0.667. The highest BCUT2D eigenvalue weighted by molar-refractivity contribution is 6.35. The molecular formula is C21H27Cl2NO. The van der Waals surface area contributed by atoms with Crippen molar-refractivity contribution in [1.82, 2.24) is 4.90 Å². The number of fused-ring (bicyclic) bond motifs is 2. The Morgan fingerprint density at radius 1 is 1.24 bits per heavy atom. The van der Waals surface area contributed by atoms with Gasteiger partial charge in [0, 0.05) is 28.5 Å². The van der Waals surface area contributed by atoms with E-state index in [1.807, 2.05) is 12.1 Å². The quantitative estimate of drug-likeness (QED) is 0.682. The number of likely N-dealkylation sites (tertiary alicyclic amines) is 1. The van der Waals surface area contributed by atoms with Crippen molar-refractivity contribution in [3.63, 3.8) is 0 Å². The SMILES string of the molecule is C[C@H]1C(N2CC[C@@H](Cc3ccc(Cl)cc3Cl)C2=O)C[C@@H]2C[C@H]1C2(C)C. The Kier molecular flexibility index (Phi) is 4.36. The average Bonchev–Trinajstić information content (AvgIpc) is 2.90. The molecule has 0 aromatic heterocycles. The second-order valence-corrected chi connectivity index (χ2v) is 9.82. The Morgan fingerprint density at radius 3 is 2.64 bits per heavy atom. The van der Waals surface area contributed by atoms with Crippen molar-refractivity contribution >= 4 is 29.1 Å². The first-order chi connectivity index (χ1) is 11.8. The Balaban J connectivity index is 1.45. The van der Waals surface area contributed by atoms with Crippen LogP contribution in [0.25, 0.3) is 0 Å². The van der Waals surface area contributed by atoms with Crippen molar-refractivity contribution < 1.29 is 4.79 Å². The number of halogens is 2. The van der Waals surface area contributed by atoms with E-state index in [1.165, 1.54) is 12.8 Å². The monoisotopic (exact) mass is 379 g/mol. The molecule has 5 rings (SSSR count). The molecule has 1 aliphatic heterocycles. The van der Waals surface area contributed by atoms with Crippen molar-refractivity contribution in [1.29, 1.82) is 0 Å². The van der Waals surface area contributed by atoms with Gasteiger partial charge in [-0.2, -0.15) is 0 Å². The number of hydrogen-bond acceptors (Lipinski definition) is 1. The summed E-state index contributed by atoms with van der Waals surface area (Å²) in [6.45, 7) is 8.10.